The zero-order chi connectivity index (χ0) is 22.1. The number of aliphatic hydroxyl groups is 1. The Bertz CT molecular complexity index is 911. The Morgan fingerprint density at radius 2 is 1.97 bits per heavy atom. The Morgan fingerprint density at radius 3 is 2.71 bits per heavy atom. The van der Waals surface area contributed by atoms with E-state index in [1.807, 2.05) is 4.90 Å². The third-order valence-corrected chi connectivity index (χ3v) is 8.72. The molecule has 1 aromatic rings. The molecule has 0 aliphatic carbocycles. The van der Waals surface area contributed by atoms with Gasteiger partial charge in [-0.3, -0.25) is 0 Å². The van der Waals surface area contributed by atoms with Crippen LogP contribution in [0, 0.1) is 0 Å². The van der Waals surface area contributed by atoms with Crippen LogP contribution < -0.4 is 32.3 Å². The number of rotatable bonds is 4. The summed E-state index contributed by atoms with van der Waals surface area (Å²) in [7, 11) is 0. The molecule has 1 aromatic carbocycles. The number of aliphatic imine (C=N–C) groups is 1. The number of aliphatic hydroxyl groups excluding tert-OH is 1. The van der Waals surface area contributed by atoms with Crippen LogP contribution in [0.25, 0.3) is 0 Å². The predicted octanol–water partition coefficient (Wildman–Crippen LogP) is -0.613. The third kappa shape index (κ3) is 5.04. The van der Waals surface area contributed by atoms with E-state index in [9.17, 15) is 14.3 Å². The summed E-state index contributed by atoms with van der Waals surface area (Å²) in [6.07, 6.45) is 1.28. The van der Waals surface area contributed by atoms with Crippen molar-refractivity contribution in [3.05, 3.63) is 37.8 Å². The number of piperidine rings is 2. The van der Waals surface area contributed by atoms with Crippen molar-refractivity contribution in [2.24, 2.45) is 10.7 Å². The Labute approximate surface area is 200 Å². The molecular formula is C20H24Cl2FIN5O2-. The van der Waals surface area contributed by atoms with Crippen molar-refractivity contribution in [3.63, 3.8) is 0 Å². The standard InChI is InChI=1S/C20H24Cl2FIN5O2/c21-11-6-12(22)8-13(7-11)27-14-2-1-4-29(20(14)31)15-9-28(5-3-16(15)30)18-17(23)19(25)26-10-24-18/h6-8,14-16,27,30H,1-5,9-10H2,(H2,25,26)/q-1/t14-,15+,16+/m0/s1. The second-order valence-electron chi connectivity index (χ2n) is 7.80. The van der Waals surface area contributed by atoms with Crippen molar-refractivity contribution in [1.82, 2.24) is 9.80 Å². The molecule has 0 saturated carbocycles. The molecule has 2 fully saturated rings. The molecule has 3 atom stereocenters. The molecule has 0 unspecified atom stereocenters. The number of nitrogens with one attached hydrogen (secondary N) is 1. The molecule has 7 nitrogen and oxygen atoms in total. The van der Waals surface area contributed by atoms with E-state index >= 15 is 0 Å². The molecule has 0 spiro atoms. The summed E-state index contributed by atoms with van der Waals surface area (Å²) in [4.78, 5) is 21.0. The first-order valence-corrected chi connectivity index (χ1v) is 13.4. The Kier molecular flexibility index (Phi) is 7.14. The number of halogens is 4. The molecule has 4 rings (SSSR count). The number of carbonyl (C=O) groups is 1. The number of amides is 1. The minimum atomic E-state index is -0.656. The van der Waals surface area contributed by atoms with Crippen molar-refractivity contribution in [2.75, 3.05) is 29.5 Å². The van der Waals surface area contributed by atoms with Gasteiger partial charge in [-0.1, -0.05) is 0 Å². The molecule has 0 radical (unpaired) electrons. The fraction of sp³-hybridized carbons (Fsp3) is 0.500. The van der Waals surface area contributed by atoms with E-state index < -0.39 is 45.2 Å². The number of nitrogens with two attached hydrogens (primary N) is 1. The molecular weight excluding hydrogens is 559 g/mol. The number of hydrogen-bond donors (Lipinski definition) is 3. The molecule has 31 heavy (non-hydrogen) atoms. The van der Waals surface area contributed by atoms with Crippen LogP contribution in [0.4, 0.5) is 10.1 Å². The van der Waals surface area contributed by atoms with Crippen molar-refractivity contribution >= 4 is 40.6 Å². The summed E-state index contributed by atoms with van der Waals surface area (Å²) >= 11 is 11.5. The van der Waals surface area contributed by atoms with Gasteiger partial charge in [-0.05, 0) is 0 Å². The number of nitrogens with zero attached hydrogens (tertiary/aromatic N) is 3. The number of alkyl halides is 1. The van der Waals surface area contributed by atoms with Crippen molar-refractivity contribution in [3.8, 4) is 0 Å². The Morgan fingerprint density at radius 1 is 1.23 bits per heavy atom. The number of anilines is 1. The van der Waals surface area contributed by atoms with Gasteiger partial charge in [-0.25, -0.2) is 0 Å². The van der Waals surface area contributed by atoms with Crippen LogP contribution in [0.5, 0.6) is 0 Å². The van der Waals surface area contributed by atoms with Crippen molar-refractivity contribution < 1.29 is 35.5 Å². The van der Waals surface area contributed by atoms with Crippen LogP contribution in [0.15, 0.2) is 32.7 Å². The molecule has 3 aliphatic rings. The molecule has 11 heteroatoms. The fourth-order valence-electron chi connectivity index (χ4n) is 4.21. The van der Waals surface area contributed by atoms with Crippen LogP contribution in [0.2, 0.25) is 10.0 Å². The Hall–Kier alpha value is -1.30. The van der Waals surface area contributed by atoms with Crippen LogP contribution in [-0.2, 0) is 4.79 Å². The summed E-state index contributed by atoms with van der Waals surface area (Å²) in [5.41, 5.74) is 6.36. The number of benzene rings is 1. The summed E-state index contributed by atoms with van der Waals surface area (Å²) in [5, 5.41) is 14.9. The van der Waals surface area contributed by atoms with Gasteiger partial charge in [0, 0.05) is 0 Å². The normalized spacial score (nSPS) is 27.7. The van der Waals surface area contributed by atoms with Gasteiger partial charge in [0.15, 0.2) is 0 Å². The number of hydrogen-bond acceptors (Lipinski definition) is 6. The fourth-order valence-corrected chi connectivity index (χ4v) is 7.13. The molecule has 3 aliphatic heterocycles. The van der Waals surface area contributed by atoms with Gasteiger partial charge in [0.05, 0.1) is 0 Å². The number of likely N-dealkylation sites (tertiary alicyclic amines) is 2. The third-order valence-electron chi connectivity index (χ3n) is 5.72. The van der Waals surface area contributed by atoms with Gasteiger partial charge in [0.2, 0.25) is 0 Å². The van der Waals surface area contributed by atoms with E-state index in [1.165, 1.54) is 0 Å². The maximum absolute atomic E-state index is 14.6. The average molecular weight is 583 g/mol. The van der Waals surface area contributed by atoms with Crippen LogP contribution in [0.3, 0.4) is 0 Å². The molecule has 0 aromatic heterocycles. The first kappa shape index (κ1) is 22.9. The zero-order valence-electron chi connectivity index (χ0n) is 16.7. The summed E-state index contributed by atoms with van der Waals surface area (Å²) < 4.78 is 15.7. The van der Waals surface area contributed by atoms with Crippen LogP contribution >= 0.6 is 23.2 Å². The average Bonchev–Trinajstić information content (AvgIpc) is 2.72. The molecule has 0 bridgehead atoms. The SMILES string of the molecule is NC1=NC[I-]C(N2CC[C@@H](O)[C@H](N3CCC[C@H](Nc4cc(Cl)cc(Cl)c4)C3=O)C2)=C1F. The quantitative estimate of drug-likeness (QED) is 0.250. The van der Waals surface area contributed by atoms with Gasteiger partial charge in [0.1, 0.15) is 0 Å². The first-order chi connectivity index (χ1) is 14.8. The zero-order valence-corrected chi connectivity index (χ0v) is 20.4. The van der Waals surface area contributed by atoms with Gasteiger partial charge in [0.25, 0.3) is 0 Å². The second-order valence-corrected chi connectivity index (χ2v) is 11.1. The summed E-state index contributed by atoms with van der Waals surface area (Å²) in [5.74, 6) is -0.583. The molecule has 4 N–H and O–H groups in total. The summed E-state index contributed by atoms with van der Waals surface area (Å²) in [6, 6.07) is 4.25. The van der Waals surface area contributed by atoms with Crippen molar-refractivity contribution in [1.29, 1.82) is 0 Å². The maximum atomic E-state index is 14.6. The van der Waals surface area contributed by atoms with E-state index in [4.69, 9.17) is 28.9 Å². The minimum absolute atomic E-state index is 0.0536. The van der Waals surface area contributed by atoms with E-state index in [0.29, 0.717) is 56.5 Å². The number of amidine groups is 1. The second kappa shape index (κ2) is 9.68. The molecule has 170 valence electrons. The van der Waals surface area contributed by atoms with Gasteiger partial charge >= 0.3 is 201 Å². The van der Waals surface area contributed by atoms with E-state index in [-0.39, 0.29) is 11.7 Å². The van der Waals surface area contributed by atoms with Gasteiger partial charge in [-0.2, -0.15) is 0 Å². The monoisotopic (exact) mass is 582 g/mol. The molecule has 1 amide bonds. The predicted molar refractivity (Wildman–Crippen MR) is 115 cm³/mol. The van der Waals surface area contributed by atoms with Crippen LogP contribution in [0.1, 0.15) is 19.3 Å². The first-order valence-electron chi connectivity index (χ1n) is 10.1. The molecule has 3 heterocycles. The van der Waals surface area contributed by atoms with E-state index in [2.05, 4.69) is 10.3 Å². The molecule has 2 saturated heterocycles. The number of carbonyl (C=O) groups excluding carboxylic acids is 1. The Balaban J connectivity index is 1.50. The summed E-state index contributed by atoms with van der Waals surface area (Å²) in [6.45, 7) is 1.49. The van der Waals surface area contributed by atoms with Gasteiger partial charge < -0.3 is 0 Å². The van der Waals surface area contributed by atoms with E-state index in [0.717, 1.165) is 6.42 Å². The van der Waals surface area contributed by atoms with Crippen molar-refractivity contribution in [2.45, 2.75) is 37.5 Å². The van der Waals surface area contributed by atoms with Gasteiger partial charge in [-0.15, -0.1) is 0 Å². The van der Waals surface area contributed by atoms with E-state index in [1.54, 1.807) is 23.1 Å². The topological polar surface area (TPSA) is 94.2 Å². The van der Waals surface area contributed by atoms with Crippen LogP contribution in [-0.4, -0.2) is 69.0 Å².